The summed E-state index contributed by atoms with van der Waals surface area (Å²) in [4.78, 5) is 23.3. The van der Waals surface area contributed by atoms with Gasteiger partial charge in [-0.05, 0) is 18.4 Å². The van der Waals surface area contributed by atoms with Crippen molar-refractivity contribution < 1.29 is 9.21 Å². The number of aromatic nitrogens is 4. The Morgan fingerprint density at radius 3 is 3.08 bits per heavy atom. The van der Waals surface area contributed by atoms with Gasteiger partial charge in [0, 0.05) is 37.8 Å². The molecule has 7 nitrogen and oxygen atoms in total. The smallest absolute Gasteiger partial charge is 0.274 e. The summed E-state index contributed by atoms with van der Waals surface area (Å²) >= 11 is 0. The zero-order chi connectivity index (χ0) is 17.4. The monoisotopic (exact) mass is 339 g/mol. The van der Waals surface area contributed by atoms with Crippen LogP contribution in [0.2, 0.25) is 0 Å². The number of hydrogen-bond acceptors (Lipinski definition) is 5. The van der Waals surface area contributed by atoms with Crippen molar-refractivity contribution in [2.45, 2.75) is 39.7 Å². The maximum atomic E-state index is 12.8. The molecule has 0 aromatic carbocycles. The summed E-state index contributed by atoms with van der Waals surface area (Å²) < 4.78 is 7.47. The van der Waals surface area contributed by atoms with Gasteiger partial charge in [0.2, 0.25) is 0 Å². The Bertz CT molecular complexity index is 878. The number of oxazole rings is 1. The molecule has 1 amide bonds. The number of hydrogen-bond donors (Lipinski definition) is 0. The average Bonchev–Trinajstić information content (AvgIpc) is 3.22. The molecule has 0 atom stereocenters. The molecule has 25 heavy (non-hydrogen) atoms. The van der Waals surface area contributed by atoms with Crippen LogP contribution in [0.25, 0.3) is 5.65 Å². The molecule has 7 heteroatoms. The lowest BCUT2D eigenvalue weighted by Crippen LogP contribution is -2.36. The molecule has 130 valence electrons. The van der Waals surface area contributed by atoms with Gasteiger partial charge in [-0.1, -0.05) is 13.8 Å². The third kappa shape index (κ3) is 3.14. The molecule has 4 rings (SSSR count). The van der Waals surface area contributed by atoms with E-state index in [0.29, 0.717) is 36.8 Å². The van der Waals surface area contributed by atoms with Crippen molar-refractivity contribution in [2.75, 3.05) is 6.54 Å². The summed E-state index contributed by atoms with van der Waals surface area (Å²) in [6, 6.07) is 3.50. The normalized spacial score (nSPS) is 14.3. The van der Waals surface area contributed by atoms with E-state index in [0.717, 1.165) is 30.2 Å². The lowest BCUT2D eigenvalue weighted by molar-refractivity contribution is 0.0721. The number of carbonyl (C=O) groups is 1. The van der Waals surface area contributed by atoms with E-state index in [1.165, 1.54) is 0 Å². The van der Waals surface area contributed by atoms with Crippen molar-refractivity contribution in [1.82, 2.24) is 24.5 Å². The van der Waals surface area contributed by atoms with E-state index in [2.05, 4.69) is 28.9 Å². The summed E-state index contributed by atoms with van der Waals surface area (Å²) in [6.07, 6.45) is 6.06. The molecule has 3 aromatic heterocycles. The van der Waals surface area contributed by atoms with E-state index in [4.69, 9.17) is 4.42 Å². The van der Waals surface area contributed by atoms with Crippen LogP contribution in [0, 0.1) is 5.92 Å². The molecule has 0 radical (unpaired) electrons. The van der Waals surface area contributed by atoms with Gasteiger partial charge in [0.05, 0.1) is 6.54 Å². The van der Waals surface area contributed by atoms with Gasteiger partial charge in [-0.3, -0.25) is 4.79 Å². The highest BCUT2D eigenvalue weighted by Gasteiger charge is 2.27. The molecule has 0 spiro atoms. The lowest BCUT2D eigenvalue weighted by atomic mass is 10.1. The van der Waals surface area contributed by atoms with Crippen LogP contribution in [0.1, 0.15) is 48.1 Å². The Hall–Kier alpha value is -2.70. The molecular weight excluding hydrogens is 318 g/mol. The largest absolute Gasteiger partial charge is 0.445 e. The topological polar surface area (TPSA) is 76.5 Å². The predicted molar refractivity (Wildman–Crippen MR) is 91.1 cm³/mol. The Labute approximate surface area is 145 Å². The van der Waals surface area contributed by atoms with Crippen molar-refractivity contribution in [2.24, 2.45) is 5.92 Å². The first-order valence-electron chi connectivity index (χ1n) is 8.67. The highest BCUT2D eigenvalue weighted by molar-refractivity contribution is 5.93. The zero-order valence-electron chi connectivity index (χ0n) is 14.5. The maximum absolute atomic E-state index is 12.8. The van der Waals surface area contributed by atoms with Crippen LogP contribution >= 0.6 is 0 Å². The summed E-state index contributed by atoms with van der Waals surface area (Å²) in [5, 5.41) is 4.32. The number of rotatable bonds is 4. The average molecular weight is 339 g/mol. The highest BCUT2D eigenvalue weighted by atomic mass is 16.4. The van der Waals surface area contributed by atoms with E-state index >= 15 is 0 Å². The maximum Gasteiger partial charge on any atom is 0.274 e. The predicted octanol–water partition coefficient (Wildman–Crippen LogP) is 2.50. The summed E-state index contributed by atoms with van der Waals surface area (Å²) in [6.45, 7) is 5.46. The molecule has 0 bridgehead atoms. The summed E-state index contributed by atoms with van der Waals surface area (Å²) in [7, 11) is 0. The fraction of sp³-hybridized carbons (Fsp3) is 0.444. The van der Waals surface area contributed by atoms with E-state index in [1.54, 1.807) is 33.9 Å². The van der Waals surface area contributed by atoms with Crippen molar-refractivity contribution in [3.8, 4) is 0 Å². The third-order valence-corrected chi connectivity index (χ3v) is 4.45. The van der Waals surface area contributed by atoms with Gasteiger partial charge in [-0.15, -0.1) is 0 Å². The molecular formula is C18H21N5O2. The van der Waals surface area contributed by atoms with Gasteiger partial charge in [-0.2, -0.15) is 5.10 Å². The second-order valence-corrected chi connectivity index (χ2v) is 6.84. The second-order valence-electron chi connectivity index (χ2n) is 6.84. The van der Waals surface area contributed by atoms with Crippen LogP contribution < -0.4 is 0 Å². The lowest BCUT2D eigenvalue weighted by Gasteiger charge is -2.24. The minimum Gasteiger partial charge on any atom is -0.445 e. The van der Waals surface area contributed by atoms with E-state index in [1.807, 2.05) is 0 Å². The molecule has 3 aromatic rings. The van der Waals surface area contributed by atoms with Crippen LogP contribution in [-0.2, 0) is 19.4 Å². The Balaban J connectivity index is 1.50. The molecule has 0 unspecified atom stereocenters. The van der Waals surface area contributed by atoms with Gasteiger partial charge in [0.1, 0.15) is 11.5 Å². The second kappa shape index (κ2) is 6.31. The molecule has 0 saturated carbocycles. The minimum absolute atomic E-state index is 0.0946. The SMILES string of the molecule is CC(C)CCc1nc2c(o1)CCN(C(=O)c1cc3ncccn3n1)C2. The summed E-state index contributed by atoms with van der Waals surface area (Å²) in [5.74, 6) is 2.22. The van der Waals surface area contributed by atoms with Crippen LogP contribution in [0.3, 0.4) is 0 Å². The quantitative estimate of drug-likeness (QED) is 0.730. The van der Waals surface area contributed by atoms with E-state index < -0.39 is 0 Å². The molecule has 0 saturated heterocycles. The number of fused-ring (bicyclic) bond motifs is 2. The van der Waals surface area contributed by atoms with Gasteiger partial charge >= 0.3 is 0 Å². The number of nitrogens with zero attached hydrogens (tertiary/aromatic N) is 5. The first kappa shape index (κ1) is 15.8. The van der Waals surface area contributed by atoms with Crippen molar-refractivity contribution in [3.05, 3.63) is 47.6 Å². The van der Waals surface area contributed by atoms with Crippen molar-refractivity contribution >= 4 is 11.6 Å². The highest BCUT2D eigenvalue weighted by Crippen LogP contribution is 2.22. The molecule has 0 N–H and O–H groups in total. The van der Waals surface area contributed by atoms with Crippen LogP contribution in [-0.4, -0.2) is 36.9 Å². The van der Waals surface area contributed by atoms with Crippen LogP contribution in [0.5, 0.6) is 0 Å². The van der Waals surface area contributed by atoms with Gasteiger partial charge in [-0.25, -0.2) is 14.5 Å². The van der Waals surface area contributed by atoms with Gasteiger partial charge in [0.15, 0.2) is 17.2 Å². The standard InChI is InChI=1S/C18H21N5O2/c1-12(2)4-5-17-20-14-11-22(9-6-15(14)25-17)18(24)13-10-16-19-7-3-8-23(16)21-13/h3,7-8,10,12H,4-6,9,11H2,1-2H3. The molecule has 1 aliphatic heterocycles. The number of aryl methyl sites for hydroxylation is 1. The van der Waals surface area contributed by atoms with Crippen LogP contribution in [0.15, 0.2) is 28.9 Å². The molecule has 0 aliphatic carbocycles. The van der Waals surface area contributed by atoms with E-state index in [-0.39, 0.29) is 5.91 Å². The van der Waals surface area contributed by atoms with E-state index in [9.17, 15) is 4.79 Å². The third-order valence-electron chi connectivity index (χ3n) is 4.45. The van der Waals surface area contributed by atoms with Gasteiger partial charge in [0.25, 0.3) is 5.91 Å². The van der Waals surface area contributed by atoms with Crippen LogP contribution in [0.4, 0.5) is 0 Å². The molecule has 4 heterocycles. The molecule has 1 aliphatic rings. The minimum atomic E-state index is -0.0946. The number of carbonyl (C=O) groups excluding carboxylic acids is 1. The number of amides is 1. The van der Waals surface area contributed by atoms with Crippen molar-refractivity contribution in [1.29, 1.82) is 0 Å². The van der Waals surface area contributed by atoms with Gasteiger partial charge < -0.3 is 9.32 Å². The van der Waals surface area contributed by atoms with Crippen molar-refractivity contribution in [3.63, 3.8) is 0 Å². The first-order valence-corrected chi connectivity index (χ1v) is 8.67. The Kier molecular flexibility index (Phi) is 3.99. The fourth-order valence-electron chi connectivity index (χ4n) is 3.04. The summed E-state index contributed by atoms with van der Waals surface area (Å²) in [5.41, 5.74) is 1.95. The Morgan fingerprint density at radius 2 is 2.28 bits per heavy atom. The fourth-order valence-corrected chi connectivity index (χ4v) is 3.04. The zero-order valence-corrected chi connectivity index (χ0v) is 14.5. The first-order chi connectivity index (χ1) is 12.1. The Morgan fingerprint density at radius 1 is 1.40 bits per heavy atom. The molecule has 0 fully saturated rings.